The Morgan fingerprint density at radius 3 is 2.46 bits per heavy atom. The smallest absolute Gasteiger partial charge is 0.354 e. The van der Waals surface area contributed by atoms with Gasteiger partial charge in [-0.3, -0.25) is 0 Å². The predicted molar refractivity (Wildman–Crippen MR) is 94.5 cm³/mol. The summed E-state index contributed by atoms with van der Waals surface area (Å²) < 4.78 is 39.1. The van der Waals surface area contributed by atoms with Crippen molar-refractivity contribution < 1.29 is 13.2 Å². The first-order chi connectivity index (χ1) is 13.5. The van der Waals surface area contributed by atoms with E-state index >= 15 is 0 Å². The maximum atomic E-state index is 13.0. The molecule has 2 fully saturated rings. The molecule has 1 aliphatic heterocycles. The second-order valence-electron chi connectivity index (χ2n) is 7.00. The van der Waals surface area contributed by atoms with Crippen LogP contribution in [-0.2, 0) is 6.18 Å². The van der Waals surface area contributed by atoms with Crippen LogP contribution in [0.1, 0.15) is 36.9 Å². The van der Waals surface area contributed by atoms with Gasteiger partial charge in [-0.1, -0.05) is 0 Å². The fourth-order valence-electron chi connectivity index (χ4n) is 3.67. The first-order valence-electron chi connectivity index (χ1n) is 9.11. The summed E-state index contributed by atoms with van der Waals surface area (Å²) in [5, 5.41) is 17.2. The minimum atomic E-state index is -4.49. The largest absolute Gasteiger partial charge is 0.433 e. The summed E-state index contributed by atoms with van der Waals surface area (Å²) in [6.45, 7) is 1.30. The lowest BCUT2D eigenvalue weighted by atomic mass is 10.0. The van der Waals surface area contributed by atoms with Gasteiger partial charge in [0.25, 0.3) is 0 Å². The number of nitrogens with zero attached hydrogens (tertiary/aromatic N) is 7. The highest BCUT2D eigenvalue weighted by Gasteiger charge is 2.39. The van der Waals surface area contributed by atoms with E-state index in [9.17, 15) is 18.4 Å². The molecular weight excluding hydrogens is 371 g/mol. The van der Waals surface area contributed by atoms with Gasteiger partial charge in [-0.05, 0) is 31.7 Å². The Morgan fingerprint density at radius 2 is 1.82 bits per heavy atom. The molecule has 10 heteroatoms. The number of alkyl halides is 3. The first-order valence-corrected chi connectivity index (χ1v) is 9.11. The first kappa shape index (κ1) is 18.4. The number of anilines is 2. The number of hydrogen-bond donors (Lipinski definition) is 0. The van der Waals surface area contributed by atoms with Crippen LogP contribution in [0.25, 0.3) is 0 Å². The molecule has 0 aromatic carbocycles. The van der Waals surface area contributed by atoms with Crippen molar-refractivity contribution >= 4 is 11.6 Å². The summed E-state index contributed by atoms with van der Waals surface area (Å²) >= 11 is 0. The maximum absolute atomic E-state index is 13.0. The molecule has 0 unspecified atom stereocenters. The van der Waals surface area contributed by atoms with Crippen molar-refractivity contribution in [3.63, 3.8) is 0 Å². The summed E-state index contributed by atoms with van der Waals surface area (Å²) in [6, 6.07) is 5.10. The highest BCUT2D eigenvalue weighted by molar-refractivity contribution is 5.53. The lowest BCUT2D eigenvalue weighted by Crippen LogP contribution is -2.47. The van der Waals surface area contributed by atoms with E-state index in [1.54, 1.807) is 6.07 Å². The van der Waals surface area contributed by atoms with Crippen LogP contribution in [-0.4, -0.2) is 45.3 Å². The van der Waals surface area contributed by atoms with E-state index in [1.165, 1.54) is 6.20 Å². The molecule has 3 heterocycles. The molecule has 1 aliphatic carbocycles. The van der Waals surface area contributed by atoms with Crippen LogP contribution < -0.4 is 9.80 Å². The second kappa shape index (κ2) is 7.22. The molecule has 1 saturated heterocycles. The van der Waals surface area contributed by atoms with Crippen LogP contribution in [0.3, 0.4) is 0 Å². The summed E-state index contributed by atoms with van der Waals surface area (Å²) in [7, 11) is 0. The van der Waals surface area contributed by atoms with Gasteiger partial charge in [0.15, 0.2) is 5.82 Å². The third-order valence-corrected chi connectivity index (χ3v) is 5.13. The van der Waals surface area contributed by atoms with Crippen LogP contribution in [0, 0.1) is 11.3 Å². The summed E-state index contributed by atoms with van der Waals surface area (Å²) in [4.78, 5) is 11.5. The van der Waals surface area contributed by atoms with Crippen molar-refractivity contribution in [2.24, 2.45) is 0 Å². The van der Waals surface area contributed by atoms with Gasteiger partial charge < -0.3 is 9.80 Å². The Morgan fingerprint density at radius 1 is 1.11 bits per heavy atom. The number of aromatic nitrogens is 4. The maximum Gasteiger partial charge on any atom is 0.433 e. The molecule has 0 amide bonds. The van der Waals surface area contributed by atoms with Gasteiger partial charge >= 0.3 is 6.18 Å². The van der Waals surface area contributed by atoms with Crippen molar-refractivity contribution in [1.82, 2.24) is 20.2 Å². The zero-order valence-corrected chi connectivity index (χ0v) is 15.0. The Hall–Kier alpha value is -2.96. The zero-order valence-electron chi connectivity index (χ0n) is 15.0. The normalized spacial score (nSPS) is 18.0. The van der Waals surface area contributed by atoms with E-state index in [4.69, 9.17) is 0 Å². The lowest BCUT2D eigenvalue weighted by Gasteiger charge is -2.40. The van der Waals surface area contributed by atoms with Crippen LogP contribution in [0.15, 0.2) is 24.7 Å². The molecule has 0 spiro atoms. The van der Waals surface area contributed by atoms with Crippen molar-refractivity contribution in [1.29, 1.82) is 5.26 Å². The fraction of sp³-hybridized carbons (Fsp3) is 0.500. The molecule has 2 aromatic rings. The molecule has 4 rings (SSSR count). The van der Waals surface area contributed by atoms with Gasteiger partial charge in [0.2, 0.25) is 0 Å². The Labute approximate surface area is 159 Å². The van der Waals surface area contributed by atoms with Crippen LogP contribution in [0.4, 0.5) is 24.8 Å². The molecule has 146 valence electrons. The number of piperidine rings is 1. The van der Waals surface area contributed by atoms with Gasteiger partial charge in [-0.25, -0.2) is 9.97 Å². The quantitative estimate of drug-likeness (QED) is 0.795. The minimum Gasteiger partial charge on any atom is -0.354 e. The predicted octanol–water partition coefficient (Wildman–Crippen LogP) is 2.79. The van der Waals surface area contributed by atoms with E-state index in [0.717, 1.165) is 38.1 Å². The average Bonchev–Trinajstić information content (AvgIpc) is 3.53. The van der Waals surface area contributed by atoms with Crippen molar-refractivity contribution in [2.75, 3.05) is 22.9 Å². The van der Waals surface area contributed by atoms with E-state index < -0.39 is 11.9 Å². The van der Waals surface area contributed by atoms with Crippen LogP contribution >= 0.6 is 0 Å². The molecular formula is C18H18F3N7. The van der Waals surface area contributed by atoms with Crippen LogP contribution in [0.2, 0.25) is 0 Å². The average molecular weight is 389 g/mol. The molecule has 28 heavy (non-hydrogen) atoms. The van der Waals surface area contributed by atoms with Crippen molar-refractivity contribution in [2.45, 2.75) is 43.9 Å². The molecule has 2 aromatic heterocycles. The third-order valence-electron chi connectivity index (χ3n) is 5.13. The van der Waals surface area contributed by atoms with Crippen molar-refractivity contribution in [3.05, 3.63) is 35.9 Å². The standard InChI is InChI=1S/C18H18F3N7/c19-18(20,21)15-9-16(24-11-23-15)28(13-1-2-13)14-4-7-27(8-5-14)17-12(10-22)3-6-25-26-17/h3,6,9,11,13-14H,1-2,4-5,7-8H2. The number of nitriles is 1. The monoisotopic (exact) mass is 389 g/mol. The van der Waals surface area contributed by atoms with E-state index in [1.807, 2.05) is 9.80 Å². The number of halogens is 3. The lowest BCUT2D eigenvalue weighted by molar-refractivity contribution is -0.141. The van der Waals surface area contributed by atoms with Crippen LogP contribution in [0.5, 0.6) is 0 Å². The third kappa shape index (κ3) is 3.69. The van der Waals surface area contributed by atoms with Crippen molar-refractivity contribution in [3.8, 4) is 6.07 Å². The molecule has 2 aliphatic rings. The molecule has 7 nitrogen and oxygen atoms in total. The summed E-state index contributed by atoms with van der Waals surface area (Å²) in [6.07, 6.45) is 1.36. The fourth-order valence-corrected chi connectivity index (χ4v) is 3.67. The topological polar surface area (TPSA) is 81.8 Å². The van der Waals surface area contributed by atoms with Gasteiger partial charge in [0.1, 0.15) is 23.9 Å². The van der Waals surface area contributed by atoms with E-state index in [0.29, 0.717) is 30.3 Å². The molecule has 0 radical (unpaired) electrons. The molecule has 0 atom stereocenters. The van der Waals surface area contributed by atoms with Gasteiger partial charge in [0.05, 0.1) is 11.8 Å². The van der Waals surface area contributed by atoms with Gasteiger partial charge in [-0.2, -0.15) is 23.5 Å². The number of rotatable bonds is 4. The SMILES string of the molecule is N#Cc1ccnnc1N1CCC(N(c2cc(C(F)(F)F)ncn2)C2CC2)CC1. The number of hydrogen-bond acceptors (Lipinski definition) is 7. The molecule has 0 N–H and O–H groups in total. The van der Waals surface area contributed by atoms with Gasteiger partial charge in [0, 0.05) is 31.2 Å². The Bertz CT molecular complexity index is 883. The van der Waals surface area contributed by atoms with Gasteiger partial charge in [-0.15, -0.1) is 5.10 Å². The summed E-state index contributed by atoms with van der Waals surface area (Å²) in [5.74, 6) is 0.892. The molecule has 0 bridgehead atoms. The van der Waals surface area contributed by atoms with E-state index in [2.05, 4.69) is 26.2 Å². The Balaban J connectivity index is 1.52. The second-order valence-corrected chi connectivity index (χ2v) is 7.00. The zero-order chi connectivity index (χ0) is 19.7. The summed E-state index contributed by atoms with van der Waals surface area (Å²) in [5.41, 5.74) is -0.447. The highest BCUT2D eigenvalue weighted by atomic mass is 19.4. The highest BCUT2D eigenvalue weighted by Crippen LogP contribution is 2.37. The molecule has 1 saturated carbocycles. The Kier molecular flexibility index (Phi) is 4.75. The van der Waals surface area contributed by atoms with E-state index in [-0.39, 0.29) is 12.1 Å². The minimum absolute atomic E-state index is 0.0851.